The number of para-hydroxylation sites is 2. The van der Waals surface area contributed by atoms with Gasteiger partial charge in [-0.2, -0.15) is 0 Å². The Hall–Kier alpha value is -2.86. The molecular weight excluding hydrogens is 352 g/mol. The monoisotopic (exact) mass is 378 g/mol. The van der Waals surface area contributed by atoms with Crippen molar-refractivity contribution in [1.82, 2.24) is 19.8 Å². The molecule has 0 radical (unpaired) electrons. The Bertz CT molecular complexity index is 903. The quantitative estimate of drug-likeness (QED) is 0.685. The number of rotatable bonds is 7. The third-order valence-electron chi connectivity index (χ3n) is 5.11. The van der Waals surface area contributed by atoms with Gasteiger partial charge in [-0.3, -0.25) is 0 Å². The molecule has 1 unspecified atom stereocenters. The van der Waals surface area contributed by atoms with Crippen molar-refractivity contribution in [2.24, 2.45) is 0 Å². The summed E-state index contributed by atoms with van der Waals surface area (Å²) in [5.41, 5.74) is 3.17. The molecule has 1 saturated heterocycles. The van der Waals surface area contributed by atoms with E-state index in [2.05, 4.69) is 14.9 Å². The summed E-state index contributed by atoms with van der Waals surface area (Å²) in [6.45, 7) is 3.23. The van der Waals surface area contributed by atoms with Crippen molar-refractivity contribution in [3.05, 3.63) is 66.5 Å². The molecule has 1 aromatic heterocycles. The zero-order valence-corrected chi connectivity index (χ0v) is 16.0. The van der Waals surface area contributed by atoms with Crippen LogP contribution in [-0.4, -0.2) is 46.3 Å². The second-order valence-corrected chi connectivity index (χ2v) is 7.16. The maximum absolute atomic E-state index is 12.9. The normalized spacial score (nSPS) is 16.4. The van der Waals surface area contributed by atoms with Gasteiger partial charge in [0.2, 0.25) is 0 Å². The summed E-state index contributed by atoms with van der Waals surface area (Å²) in [5.74, 6) is 0. The number of urea groups is 1. The molecule has 2 heterocycles. The van der Waals surface area contributed by atoms with Crippen molar-refractivity contribution in [2.75, 3.05) is 19.7 Å². The lowest BCUT2D eigenvalue weighted by molar-refractivity contribution is 0.0794. The topological polar surface area (TPSA) is 59.4 Å². The molecule has 0 bridgehead atoms. The summed E-state index contributed by atoms with van der Waals surface area (Å²) in [4.78, 5) is 19.1. The van der Waals surface area contributed by atoms with Gasteiger partial charge in [-0.1, -0.05) is 42.5 Å². The molecule has 0 saturated carbocycles. The second-order valence-electron chi connectivity index (χ2n) is 7.16. The number of imidazole rings is 1. The van der Waals surface area contributed by atoms with Crippen LogP contribution in [0.5, 0.6) is 0 Å². The van der Waals surface area contributed by atoms with Crippen LogP contribution < -0.4 is 5.32 Å². The highest BCUT2D eigenvalue weighted by Gasteiger charge is 2.22. The average Bonchev–Trinajstić information content (AvgIpc) is 3.38. The van der Waals surface area contributed by atoms with Crippen molar-refractivity contribution in [3.63, 3.8) is 0 Å². The molecule has 6 heteroatoms. The van der Waals surface area contributed by atoms with Gasteiger partial charge in [0.05, 0.1) is 23.5 Å². The number of fused-ring (bicyclic) bond motifs is 1. The van der Waals surface area contributed by atoms with Crippen LogP contribution in [-0.2, 0) is 17.8 Å². The fraction of sp³-hybridized carbons (Fsp3) is 0.364. The highest BCUT2D eigenvalue weighted by molar-refractivity contribution is 5.75. The fourth-order valence-electron chi connectivity index (χ4n) is 3.64. The Morgan fingerprint density at radius 3 is 2.82 bits per heavy atom. The van der Waals surface area contributed by atoms with E-state index in [1.807, 2.05) is 65.8 Å². The average molecular weight is 378 g/mol. The smallest absolute Gasteiger partial charge is 0.317 e. The van der Waals surface area contributed by atoms with Crippen LogP contribution in [0.3, 0.4) is 0 Å². The van der Waals surface area contributed by atoms with Gasteiger partial charge >= 0.3 is 6.03 Å². The van der Waals surface area contributed by atoms with Crippen LogP contribution in [0.25, 0.3) is 11.0 Å². The van der Waals surface area contributed by atoms with E-state index in [4.69, 9.17) is 4.74 Å². The standard InChI is InChI=1S/C22H26N4O2/c27-22(23-12-13-25-17-24-20-10-4-5-11-21(20)25)26(16-19-9-6-14-28-19)15-18-7-2-1-3-8-18/h1-5,7-8,10-11,17,19H,6,9,12-16H2,(H,23,27). The molecule has 2 aromatic carbocycles. The van der Waals surface area contributed by atoms with Gasteiger partial charge in [-0.05, 0) is 30.5 Å². The van der Waals surface area contributed by atoms with E-state index in [-0.39, 0.29) is 12.1 Å². The molecule has 146 valence electrons. The molecule has 1 aliphatic rings. The van der Waals surface area contributed by atoms with Gasteiger partial charge in [-0.25, -0.2) is 9.78 Å². The Balaban J connectivity index is 1.36. The SMILES string of the molecule is O=C(NCCn1cnc2ccccc21)N(Cc1ccccc1)CC1CCCO1. The first-order valence-corrected chi connectivity index (χ1v) is 9.88. The first-order valence-electron chi connectivity index (χ1n) is 9.88. The van der Waals surface area contributed by atoms with Crippen molar-refractivity contribution >= 4 is 17.1 Å². The molecule has 2 amide bonds. The number of hydrogen-bond donors (Lipinski definition) is 1. The van der Waals surface area contributed by atoms with Gasteiger partial charge in [-0.15, -0.1) is 0 Å². The van der Waals surface area contributed by atoms with E-state index < -0.39 is 0 Å². The Morgan fingerprint density at radius 1 is 1.18 bits per heavy atom. The second kappa shape index (κ2) is 8.89. The lowest BCUT2D eigenvalue weighted by atomic mass is 10.2. The molecular formula is C22H26N4O2. The van der Waals surface area contributed by atoms with E-state index in [1.165, 1.54) is 0 Å². The minimum Gasteiger partial charge on any atom is -0.376 e. The number of carbonyl (C=O) groups is 1. The zero-order valence-electron chi connectivity index (χ0n) is 16.0. The number of ether oxygens (including phenoxy) is 1. The minimum atomic E-state index is -0.0521. The summed E-state index contributed by atoms with van der Waals surface area (Å²) in [7, 11) is 0. The van der Waals surface area contributed by atoms with Gasteiger partial charge in [0.15, 0.2) is 0 Å². The molecule has 1 atom stereocenters. The molecule has 0 spiro atoms. The van der Waals surface area contributed by atoms with Crippen LogP contribution in [0.4, 0.5) is 4.79 Å². The first-order chi connectivity index (χ1) is 13.8. The van der Waals surface area contributed by atoms with E-state index in [0.717, 1.165) is 36.0 Å². The van der Waals surface area contributed by atoms with E-state index >= 15 is 0 Å². The number of nitrogens with zero attached hydrogens (tertiary/aromatic N) is 3. The fourth-order valence-corrected chi connectivity index (χ4v) is 3.64. The third-order valence-corrected chi connectivity index (χ3v) is 5.11. The Kier molecular flexibility index (Phi) is 5.87. The third kappa shape index (κ3) is 4.51. The van der Waals surface area contributed by atoms with E-state index in [0.29, 0.717) is 26.2 Å². The van der Waals surface area contributed by atoms with E-state index in [9.17, 15) is 4.79 Å². The molecule has 1 N–H and O–H groups in total. The minimum absolute atomic E-state index is 0.0521. The summed E-state index contributed by atoms with van der Waals surface area (Å²) in [6, 6.07) is 18.1. The van der Waals surface area contributed by atoms with Gasteiger partial charge in [0, 0.05) is 32.8 Å². The number of aromatic nitrogens is 2. The van der Waals surface area contributed by atoms with Gasteiger partial charge in [0.1, 0.15) is 0 Å². The van der Waals surface area contributed by atoms with E-state index in [1.54, 1.807) is 0 Å². The first kappa shape index (κ1) is 18.5. The number of amides is 2. The summed E-state index contributed by atoms with van der Waals surface area (Å²) in [6.07, 6.45) is 4.04. The lowest BCUT2D eigenvalue weighted by Gasteiger charge is -2.26. The molecule has 28 heavy (non-hydrogen) atoms. The van der Waals surface area contributed by atoms with Crippen molar-refractivity contribution in [1.29, 1.82) is 0 Å². The number of benzene rings is 2. The molecule has 1 fully saturated rings. The summed E-state index contributed by atoms with van der Waals surface area (Å²) < 4.78 is 7.82. The van der Waals surface area contributed by atoms with Crippen LogP contribution in [0.15, 0.2) is 60.9 Å². The van der Waals surface area contributed by atoms with Crippen LogP contribution in [0.1, 0.15) is 18.4 Å². The van der Waals surface area contributed by atoms with Crippen LogP contribution >= 0.6 is 0 Å². The number of carbonyl (C=O) groups excluding carboxylic acids is 1. The summed E-state index contributed by atoms with van der Waals surface area (Å²) >= 11 is 0. The Labute approximate surface area is 165 Å². The zero-order chi connectivity index (χ0) is 19.2. The number of nitrogens with one attached hydrogen (secondary N) is 1. The lowest BCUT2D eigenvalue weighted by Crippen LogP contribution is -2.44. The van der Waals surface area contributed by atoms with Crippen molar-refractivity contribution < 1.29 is 9.53 Å². The van der Waals surface area contributed by atoms with Gasteiger partial charge in [0.25, 0.3) is 0 Å². The van der Waals surface area contributed by atoms with Crippen molar-refractivity contribution in [3.8, 4) is 0 Å². The van der Waals surface area contributed by atoms with Gasteiger partial charge < -0.3 is 19.5 Å². The molecule has 3 aromatic rings. The van der Waals surface area contributed by atoms with Crippen LogP contribution in [0, 0.1) is 0 Å². The molecule has 0 aliphatic carbocycles. The van der Waals surface area contributed by atoms with Crippen LogP contribution in [0.2, 0.25) is 0 Å². The summed E-state index contributed by atoms with van der Waals surface area (Å²) in [5, 5.41) is 3.06. The number of hydrogen-bond acceptors (Lipinski definition) is 3. The largest absolute Gasteiger partial charge is 0.376 e. The maximum Gasteiger partial charge on any atom is 0.317 e. The maximum atomic E-state index is 12.9. The molecule has 6 nitrogen and oxygen atoms in total. The molecule has 4 rings (SSSR count). The molecule has 1 aliphatic heterocycles. The predicted molar refractivity (Wildman–Crippen MR) is 109 cm³/mol. The highest BCUT2D eigenvalue weighted by atomic mass is 16.5. The van der Waals surface area contributed by atoms with Crippen molar-refractivity contribution in [2.45, 2.75) is 32.0 Å². The highest BCUT2D eigenvalue weighted by Crippen LogP contribution is 2.15. The Morgan fingerprint density at radius 2 is 2.00 bits per heavy atom. The predicted octanol–water partition coefficient (Wildman–Crippen LogP) is 3.43.